The molecule has 160 valence electrons. The first-order valence-corrected chi connectivity index (χ1v) is 10.1. The molecule has 1 amide bonds. The predicted octanol–water partition coefficient (Wildman–Crippen LogP) is 4.55. The minimum absolute atomic E-state index is 0.00117. The second-order valence-electron chi connectivity index (χ2n) is 8.13. The van der Waals surface area contributed by atoms with Crippen LogP contribution in [-0.4, -0.2) is 26.6 Å². The number of ether oxygens (including phenoxy) is 1. The lowest BCUT2D eigenvalue weighted by Gasteiger charge is -2.25. The van der Waals surface area contributed by atoms with E-state index in [2.05, 4.69) is 20.3 Å². The highest BCUT2D eigenvalue weighted by Gasteiger charge is 2.25. The number of hydrogen-bond acceptors (Lipinski definition) is 6. The van der Waals surface area contributed by atoms with Crippen molar-refractivity contribution in [2.45, 2.75) is 46.3 Å². The van der Waals surface area contributed by atoms with E-state index < -0.39 is 35.1 Å². The first-order valence-electron chi connectivity index (χ1n) is 9.29. The smallest absolute Gasteiger partial charge is 0.408 e. The molecular weight excluding hydrogens is 414 g/mol. The van der Waals surface area contributed by atoms with Gasteiger partial charge in [-0.25, -0.2) is 19.2 Å². The molecule has 0 bridgehead atoms. The number of halogens is 2. The maximum Gasteiger partial charge on any atom is 0.408 e. The zero-order valence-corrected chi connectivity index (χ0v) is 18.0. The number of rotatable bonds is 4. The van der Waals surface area contributed by atoms with Gasteiger partial charge in [-0.1, -0.05) is 13.8 Å². The summed E-state index contributed by atoms with van der Waals surface area (Å²) in [6.45, 7) is 8.96. The number of pyridine rings is 1. The molecule has 0 aromatic carbocycles. The lowest BCUT2D eigenvalue weighted by Crippen LogP contribution is -2.38. The van der Waals surface area contributed by atoms with Crippen LogP contribution in [0.4, 0.5) is 13.6 Å². The lowest BCUT2D eigenvalue weighted by atomic mass is 10.0. The number of H-pyrrole nitrogens is 1. The molecule has 7 nitrogen and oxygen atoms in total. The number of nitrogens with zero attached hydrogens (tertiary/aromatic N) is 2. The van der Waals surface area contributed by atoms with Crippen molar-refractivity contribution in [3.63, 3.8) is 0 Å². The molecule has 3 aromatic heterocycles. The molecule has 1 unspecified atom stereocenters. The highest BCUT2D eigenvalue weighted by Crippen LogP contribution is 2.33. The van der Waals surface area contributed by atoms with Gasteiger partial charge in [-0.3, -0.25) is 4.79 Å². The van der Waals surface area contributed by atoms with Gasteiger partial charge in [0.05, 0.1) is 17.8 Å². The second-order valence-corrected chi connectivity index (χ2v) is 9.18. The van der Waals surface area contributed by atoms with Crippen molar-refractivity contribution in [1.82, 2.24) is 20.3 Å². The first kappa shape index (κ1) is 21.8. The molecule has 0 fully saturated rings. The van der Waals surface area contributed by atoms with Gasteiger partial charge in [0, 0.05) is 16.5 Å². The number of aromatic amines is 1. The van der Waals surface area contributed by atoms with E-state index in [0.29, 0.717) is 10.4 Å². The van der Waals surface area contributed by atoms with E-state index >= 15 is 0 Å². The summed E-state index contributed by atoms with van der Waals surface area (Å²) in [5, 5.41) is 2.73. The molecule has 0 saturated carbocycles. The summed E-state index contributed by atoms with van der Waals surface area (Å²) < 4.78 is 33.1. The maximum atomic E-state index is 14.1. The summed E-state index contributed by atoms with van der Waals surface area (Å²) in [7, 11) is 0. The van der Waals surface area contributed by atoms with Crippen LogP contribution in [0.3, 0.4) is 0 Å². The highest BCUT2D eigenvalue weighted by molar-refractivity contribution is 7.22. The number of thiophene rings is 1. The van der Waals surface area contributed by atoms with Gasteiger partial charge in [-0.2, -0.15) is 4.39 Å². The van der Waals surface area contributed by atoms with Crippen LogP contribution in [0, 0.1) is 17.7 Å². The maximum absolute atomic E-state index is 14.1. The van der Waals surface area contributed by atoms with Crippen LogP contribution >= 0.6 is 11.3 Å². The van der Waals surface area contributed by atoms with Gasteiger partial charge < -0.3 is 15.0 Å². The minimum Gasteiger partial charge on any atom is -0.444 e. The van der Waals surface area contributed by atoms with Gasteiger partial charge in [0.25, 0.3) is 5.56 Å². The molecule has 3 rings (SSSR count). The molecule has 3 heterocycles. The number of carbonyl (C=O) groups is 1. The summed E-state index contributed by atoms with van der Waals surface area (Å²) in [6, 6.07) is 1.87. The van der Waals surface area contributed by atoms with E-state index in [1.807, 2.05) is 13.8 Å². The Morgan fingerprint density at radius 1 is 1.27 bits per heavy atom. The van der Waals surface area contributed by atoms with Crippen molar-refractivity contribution in [3.8, 4) is 10.4 Å². The molecule has 3 aromatic rings. The van der Waals surface area contributed by atoms with Crippen LogP contribution < -0.4 is 10.9 Å². The number of carbonyl (C=O) groups excluding carboxylic acids is 1. The van der Waals surface area contributed by atoms with E-state index in [1.54, 1.807) is 20.8 Å². The number of nitrogens with one attached hydrogen (secondary N) is 2. The summed E-state index contributed by atoms with van der Waals surface area (Å²) >= 11 is 0.998. The SMILES string of the molecule is CC(C)C(NC(=O)OC(C)(C)C)c1nc2cc(-c3cc(F)ncc3F)sc2c(=O)[nH]1. The molecular formula is C20H22F2N4O3S. The van der Waals surface area contributed by atoms with Crippen molar-refractivity contribution in [2.75, 3.05) is 0 Å². The van der Waals surface area contributed by atoms with Gasteiger partial charge in [-0.05, 0) is 32.8 Å². The van der Waals surface area contributed by atoms with Crippen molar-refractivity contribution < 1.29 is 18.3 Å². The van der Waals surface area contributed by atoms with Crippen LogP contribution in [-0.2, 0) is 4.74 Å². The minimum atomic E-state index is -0.826. The third kappa shape index (κ3) is 4.81. The number of hydrogen-bond donors (Lipinski definition) is 2. The Bertz CT molecular complexity index is 1150. The standard InChI is InChI=1S/C20H22F2N4O3S/c1-9(2)15(25-19(28)29-20(3,4)5)17-24-12-7-13(30-16(12)18(27)26-17)10-6-14(22)23-8-11(10)21/h6-9,15H,1-5H3,(H,25,28)(H,24,26,27). The van der Waals surface area contributed by atoms with E-state index in [-0.39, 0.29) is 22.0 Å². The fraction of sp³-hybridized carbons (Fsp3) is 0.400. The molecule has 0 aliphatic carbocycles. The van der Waals surface area contributed by atoms with Crippen molar-refractivity contribution in [1.29, 1.82) is 0 Å². The predicted molar refractivity (Wildman–Crippen MR) is 110 cm³/mol. The second kappa shape index (κ2) is 8.10. The fourth-order valence-corrected chi connectivity index (χ4v) is 3.83. The molecule has 0 radical (unpaired) electrons. The van der Waals surface area contributed by atoms with E-state index in [4.69, 9.17) is 4.74 Å². The molecule has 10 heteroatoms. The van der Waals surface area contributed by atoms with Gasteiger partial charge in [0.1, 0.15) is 21.9 Å². The molecule has 0 spiro atoms. The number of amides is 1. The molecule has 0 saturated heterocycles. The van der Waals surface area contributed by atoms with Crippen molar-refractivity contribution in [2.24, 2.45) is 5.92 Å². The van der Waals surface area contributed by atoms with Crippen LogP contribution in [0.15, 0.2) is 23.1 Å². The average Bonchev–Trinajstić information content (AvgIpc) is 3.04. The van der Waals surface area contributed by atoms with Crippen LogP contribution in [0.2, 0.25) is 0 Å². The van der Waals surface area contributed by atoms with Gasteiger partial charge in [0.2, 0.25) is 5.95 Å². The Balaban J connectivity index is 2.01. The Labute approximate surface area is 175 Å². The normalized spacial score (nSPS) is 12.9. The zero-order chi connectivity index (χ0) is 22.2. The Hall–Kier alpha value is -2.88. The summed E-state index contributed by atoms with van der Waals surface area (Å²) in [4.78, 5) is 35.6. The third-order valence-electron chi connectivity index (χ3n) is 4.12. The lowest BCUT2D eigenvalue weighted by molar-refractivity contribution is 0.0486. The Morgan fingerprint density at radius 2 is 1.97 bits per heavy atom. The molecule has 2 N–H and O–H groups in total. The van der Waals surface area contributed by atoms with Crippen molar-refractivity contribution in [3.05, 3.63) is 46.3 Å². The average molecular weight is 436 g/mol. The van der Waals surface area contributed by atoms with Gasteiger partial charge in [0.15, 0.2) is 0 Å². The zero-order valence-electron chi connectivity index (χ0n) is 17.2. The van der Waals surface area contributed by atoms with Crippen LogP contribution in [0.25, 0.3) is 20.7 Å². The van der Waals surface area contributed by atoms with Crippen LogP contribution in [0.5, 0.6) is 0 Å². The fourth-order valence-electron chi connectivity index (χ4n) is 2.83. The molecule has 1 atom stereocenters. The van der Waals surface area contributed by atoms with E-state index in [1.165, 1.54) is 6.07 Å². The molecule has 0 aliphatic heterocycles. The van der Waals surface area contributed by atoms with Crippen LogP contribution in [0.1, 0.15) is 46.5 Å². The number of fused-ring (bicyclic) bond motifs is 1. The quantitative estimate of drug-likeness (QED) is 0.585. The third-order valence-corrected chi connectivity index (χ3v) is 5.28. The summed E-state index contributed by atoms with van der Waals surface area (Å²) in [5.41, 5.74) is -0.790. The Morgan fingerprint density at radius 3 is 2.60 bits per heavy atom. The highest BCUT2D eigenvalue weighted by atomic mass is 32.1. The van der Waals surface area contributed by atoms with E-state index in [9.17, 15) is 18.4 Å². The monoisotopic (exact) mass is 436 g/mol. The Kier molecular flexibility index (Phi) is 5.89. The van der Waals surface area contributed by atoms with Gasteiger partial charge in [-0.15, -0.1) is 11.3 Å². The first-order chi connectivity index (χ1) is 13.9. The topological polar surface area (TPSA) is 97.0 Å². The largest absolute Gasteiger partial charge is 0.444 e. The van der Waals surface area contributed by atoms with Gasteiger partial charge >= 0.3 is 6.09 Å². The number of aromatic nitrogens is 3. The van der Waals surface area contributed by atoms with Crippen molar-refractivity contribution >= 4 is 27.6 Å². The summed E-state index contributed by atoms with van der Waals surface area (Å²) in [6.07, 6.45) is 0.154. The summed E-state index contributed by atoms with van der Waals surface area (Å²) in [5.74, 6) is -1.39. The van der Waals surface area contributed by atoms with E-state index in [0.717, 1.165) is 23.6 Å². The molecule has 0 aliphatic rings. The number of alkyl carbamates (subject to hydrolysis) is 1. The molecule has 30 heavy (non-hydrogen) atoms.